The summed E-state index contributed by atoms with van der Waals surface area (Å²) in [5, 5.41) is 0. The molecule has 0 saturated carbocycles. The van der Waals surface area contributed by atoms with E-state index in [2.05, 4.69) is 0 Å². The summed E-state index contributed by atoms with van der Waals surface area (Å²) in [4.78, 5) is 11.2. The van der Waals surface area contributed by atoms with Crippen molar-refractivity contribution in [3.63, 3.8) is 0 Å². The first kappa shape index (κ1) is 17.4. The second kappa shape index (κ2) is 6.04. The van der Waals surface area contributed by atoms with Crippen molar-refractivity contribution in [1.82, 2.24) is 0 Å². The van der Waals surface area contributed by atoms with Crippen LogP contribution in [0.25, 0.3) is 0 Å². The van der Waals surface area contributed by atoms with E-state index in [1.165, 1.54) is 18.2 Å². The van der Waals surface area contributed by atoms with Crippen molar-refractivity contribution in [2.24, 2.45) is 0 Å². The van der Waals surface area contributed by atoms with E-state index in [4.69, 9.17) is 4.43 Å². The van der Waals surface area contributed by atoms with E-state index in [0.717, 1.165) is 6.07 Å². The van der Waals surface area contributed by atoms with Crippen molar-refractivity contribution in [2.75, 3.05) is 0 Å². The third-order valence-corrected chi connectivity index (χ3v) is 3.47. The van der Waals surface area contributed by atoms with E-state index in [0.29, 0.717) is 0 Å². The van der Waals surface area contributed by atoms with Gasteiger partial charge in [0.15, 0.2) is 0 Å². The fourth-order valence-corrected chi connectivity index (χ4v) is 2.52. The summed E-state index contributed by atoms with van der Waals surface area (Å²) in [6, 6.07) is 5.24. The van der Waals surface area contributed by atoms with Gasteiger partial charge in [-0.25, -0.2) is 13.2 Å². The van der Waals surface area contributed by atoms with Gasteiger partial charge in [-0.2, -0.15) is 0 Å². The Bertz CT molecular complexity index is 535. The topological polar surface area (TPSA) is 83.5 Å². The Balaban J connectivity index is 0.00000289. The molecule has 0 atom stereocenters. The number of hydrogen-bond acceptors (Lipinski definition) is 5. The minimum absolute atomic E-state index is 0. The molecule has 8 heteroatoms. The van der Waals surface area contributed by atoms with Crippen LogP contribution in [0.1, 0.15) is 10.4 Å². The van der Waals surface area contributed by atoms with Gasteiger partial charge in [-0.05, 0) is 31.8 Å². The zero-order valence-corrected chi connectivity index (χ0v) is 12.6. The zero-order chi connectivity index (χ0) is 13.3. The zero-order valence-electron chi connectivity index (χ0n) is 10.8. The Morgan fingerprint density at radius 1 is 1.22 bits per heavy atom. The molecule has 0 saturated heterocycles. The summed E-state index contributed by atoms with van der Waals surface area (Å²) < 4.78 is 38.1. The van der Waals surface area contributed by atoms with E-state index in [1.54, 1.807) is 19.6 Å². The summed E-state index contributed by atoms with van der Waals surface area (Å²) in [5.41, 5.74) is -0.204. The molecule has 0 bridgehead atoms. The van der Waals surface area contributed by atoms with E-state index < -0.39 is 29.3 Å². The molecule has 0 aromatic heterocycles. The normalized spacial score (nSPS) is 11.6. The summed E-state index contributed by atoms with van der Waals surface area (Å²) in [6.45, 7) is 5.37. The van der Waals surface area contributed by atoms with Gasteiger partial charge in [0, 0.05) is 0 Å². The number of carbonyl (C=O) groups is 1. The molecule has 0 fully saturated rings. The van der Waals surface area contributed by atoms with E-state index in [1.807, 2.05) is 0 Å². The summed E-state index contributed by atoms with van der Waals surface area (Å²) >= 11 is 0. The predicted molar refractivity (Wildman–Crippen MR) is 63.2 cm³/mol. The van der Waals surface area contributed by atoms with Crippen molar-refractivity contribution >= 4 is 24.4 Å². The monoisotopic (exact) mass is 280 g/mol. The maximum Gasteiger partial charge on any atom is 1.00 e. The van der Waals surface area contributed by atoms with Gasteiger partial charge in [-0.15, -0.1) is 0 Å². The molecule has 18 heavy (non-hydrogen) atoms. The smallest absolute Gasteiger partial charge is 0.744 e. The fraction of sp³-hybridized carbons (Fsp3) is 0.300. The van der Waals surface area contributed by atoms with Crippen LogP contribution in [0.2, 0.25) is 19.6 Å². The molecule has 1 aromatic rings. The molecular formula is C10H13LiO5SSi. The van der Waals surface area contributed by atoms with Gasteiger partial charge in [0.25, 0.3) is 0 Å². The molecule has 94 valence electrons. The third kappa shape index (κ3) is 4.96. The Labute approximate surface area is 120 Å². The molecule has 0 spiro atoms. The van der Waals surface area contributed by atoms with E-state index in [-0.39, 0.29) is 24.4 Å². The molecule has 1 aromatic carbocycles. The molecule has 0 aliphatic carbocycles. The van der Waals surface area contributed by atoms with Gasteiger partial charge >= 0.3 is 24.8 Å². The summed E-state index contributed by atoms with van der Waals surface area (Å²) in [5.74, 6) is -0.765. The van der Waals surface area contributed by atoms with Gasteiger partial charge in [-0.1, -0.05) is 12.1 Å². The van der Waals surface area contributed by atoms with Crippen LogP contribution in [0.3, 0.4) is 0 Å². The first-order valence-electron chi connectivity index (χ1n) is 4.89. The number of hydrogen-bond donors (Lipinski definition) is 0. The Kier molecular flexibility index (Phi) is 5.84. The van der Waals surface area contributed by atoms with Crippen molar-refractivity contribution < 1.29 is 41.1 Å². The quantitative estimate of drug-likeness (QED) is 0.501. The second-order valence-electron chi connectivity index (χ2n) is 4.45. The van der Waals surface area contributed by atoms with Crippen molar-refractivity contribution in [3.05, 3.63) is 29.8 Å². The Hall–Kier alpha value is -0.586. The maximum absolute atomic E-state index is 11.7. The van der Waals surface area contributed by atoms with Crippen LogP contribution in [0.15, 0.2) is 29.2 Å². The van der Waals surface area contributed by atoms with Crippen LogP contribution >= 0.6 is 0 Å². The van der Waals surface area contributed by atoms with Gasteiger partial charge in [0.1, 0.15) is 10.1 Å². The molecular weight excluding hydrogens is 267 g/mol. The minimum atomic E-state index is -4.67. The third-order valence-electron chi connectivity index (χ3n) is 1.78. The van der Waals surface area contributed by atoms with Crippen molar-refractivity contribution in [3.8, 4) is 0 Å². The van der Waals surface area contributed by atoms with Gasteiger partial charge in [0.05, 0.1) is 10.5 Å². The van der Waals surface area contributed by atoms with Gasteiger partial charge in [0.2, 0.25) is 8.32 Å². The first-order valence-corrected chi connectivity index (χ1v) is 9.71. The van der Waals surface area contributed by atoms with Crippen LogP contribution in [0, 0.1) is 0 Å². The molecule has 0 aliphatic rings. The molecule has 0 radical (unpaired) electrons. The van der Waals surface area contributed by atoms with Crippen LogP contribution in [-0.2, 0) is 14.5 Å². The molecule has 0 aliphatic heterocycles. The summed E-state index contributed by atoms with van der Waals surface area (Å²) in [6.07, 6.45) is 0. The molecule has 0 heterocycles. The first-order chi connectivity index (χ1) is 7.61. The van der Waals surface area contributed by atoms with Crippen molar-refractivity contribution in [2.45, 2.75) is 24.5 Å². The molecule has 0 amide bonds. The average molecular weight is 280 g/mol. The van der Waals surface area contributed by atoms with Crippen LogP contribution < -0.4 is 18.9 Å². The van der Waals surface area contributed by atoms with Crippen LogP contribution in [0.4, 0.5) is 0 Å². The van der Waals surface area contributed by atoms with Gasteiger partial charge in [-0.3, -0.25) is 0 Å². The second-order valence-corrected chi connectivity index (χ2v) is 10.2. The molecule has 1 rings (SSSR count). The summed E-state index contributed by atoms with van der Waals surface area (Å²) in [7, 11) is -6.80. The Morgan fingerprint density at radius 2 is 1.72 bits per heavy atom. The van der Waals surface area contributed by atoms with Crippen LogP contribution in [0.5, 0.6) is 0 Å². The molecule has 0 unspecified atom stereocenters. The van der Waals surface area contributed by atoms with E-state index >= 15 is 0 Å². The average Bonchev–Trinajstić information content (AvgIpc) is 2.13. The largest absolute Gasteiger partial charge is 1.00 e. The standard InChI is InChI=1S/C10H14O5SSi.Li/c1-17(2,3)15-10(11)8-6-4-5-7-9(8)16(12,13)14;/h4-7H,1-3H3,(H,12,13,14);/q;+1/p-1. The SMILES string of the molecule is C[Si](C)(C)OC(=O)c1ccccc1S(=O)(=O)[O-].[Li+]. The molecule has 0 N–H and O–H groups in total. The van der Waals surface area contributed by atoms with Crippen LogP contribution in [-0.4, -0.2) is 27.3 Å². The molecule has 5 nitrogen and oxygen atoms in total. The number of carbonyl (C=O) groups excluding carboxylic acids is 1. The predicted octanol–water partition coefficient (Wildman–Crippen LogP) is -1.41. The van der Waals surface area contributed by atoms with Gasteiger partial charge < -0.3 is 8.98 Å². The number of benzene rings is 1. The fourth-order valence-electron chi connectivity index (χ4n) is 1.19. The minimum Gasteiger partial charge on any atom is -0.744 e. The van der Waals surface area contributed by atoms with Crippen molar-refractivity contribution in [1.29, 1.82) is 0 Å². The number of rotatable bonds is 3. The Morgan fingerprint density at radius 3 is 2.17 bits per heavy atom. The maximum atomic E-state index is 11.7. The van der Waals surface area contributed by atoms with E-state index in [9.17, 15) is 17.8 Å².